The molecule has 0 bridgehead atoms. The van der Waals surface area contributed by atoms with Crippen LogP contribution in [0.4, 0.5) is 0 Å². The number of hydrogen-bond acceptors (Lipinski definition) is 2. The third-order valence-electron chi connectivity index (χ3n) is 3.15. The summed E-state index contributed by atoms with van der Waals surface area (Å²) >= 11 is 5.28. The summed E-state index contributed by atoms with van der Waals surface area (Å²) in [6.45, 7) is 2.07. The minimum Gasteiger partial charge on any atom is -0.339 e. The van der Waals surface area contributed by atoms with Crippen LogP contribution in [0.3, 0.4) is 0 Å². The standard InChI is InChI=1S/C17H14N2S/c1-12-7-9-14(10-8-12)17-18-15(11-16(20)19-17)13-5-3-2-4-6-13/h2-11H,1H3,(H,18,19,20). The van der Waals surface area contributed by atoms with Crippen LogP contribution in [0.5, 0.6) is 0 Å². The van der Waals surface area contributed by atoms with Gasteiger partial charge in [-0.3, -0.25) is 0 Å². The van der Waals surface area contributed by atoms with E-state index in [1.807, 2.05) is 24.3 Å². The maximum Gasteiger partial charge on any atom is 0.139 e. The quantitative estimate of drug-likeness (QED) is 0.683. The SMILES string of the molecule is Cc1ccc(-c2nc(=S)cc(-c3ccccc3)[nH]2)cc1. The Kier molecular flexibility index (Phi) is 3.44. The average molecular weight is 278 g/mol. The smallest absolute Gasteiger partial charge is 0.139 e. The van der Waals surface area contributed by atoms with Crippen molar-refractivity contribution in [3.05, 3.63) is 70.9 Å². The molecule has 0 atom stereocenters. The molecule has 0 unspecified atom stereocenters. The first-order valence-corrected chi connectivity index (χ1v) is 6.87. The lowest BCUT2D eigenvalue weighted by Crippen LogP contribution is -1.92. The Morgan fingerprint density at radius 2 is 1.60 bits per heavy atom. The number of aryl methyl sites for hydroxylation is 1. The first kappa shape index (κ1) is 12.8. The van der Waals surface area contributed by atoms with Crippen molar-refractivity contribution in [3.63, 3.8) is 0 Å². The Labute approximate surface area is 123 Å². The molecule has 1 N–H and O–H groups in total. The second-order valence-corrected chi connectivity index (χ2v) is 5.13. The molecule has 3 aromatic rings. The summed E-state index contributed by atoms with van der Waals surface area (Å²) < 4.78 is 0.596. The molecule has 0 aliphatic rings. The van der Waals surface area contributed by atoms with Crippen molar-refractivity contribution < 1.29 is 0 Å². The Hall–Kier alpha value is -2.26. The number of H-pyrrole nitrogens is 1. The van der Waals surface area contributed by atoms with Gasteiger partial charge in [0.2, 0.25) is 0 Å². The lowest BCUT2D eigenvalue weighted by atomic mass is 10.1. The van der Waals surface area contributed by atoms with Crippen LogP contribution in [0.25, 0.3) is 22.6 Å². The normalized spacial score (nSPS) is 10.4. The van der Waals surface area contributed by atoms with Crippen LogP contribution in [0.15, 0.2) is 60.7 Å². The number of aromatic nitrogens is 2. The van der Waals surface area contributed by atoms with Crippen molar-refractivity contribution in [2.24, 2.45) is 0 Å². The molecule has 0 saturated heterocycles. The molecular formula is C17H14N2S. The van der Waals surface area contributed by atoms with Crippen molar-refractivity contribution in [1.82, 2.24) is 9.97 Å². The average Bonchev–Trinajstić information content (AvgIpc) is 2.48. The Bertz CT molecular complexity index is 774. The number of nitrogens with zero attached hydrogens (tertiary/aromatic N) is 1. The highest BCUT2D eigenvalue weighted by atomic mass is 32.1. The monoisotopic (exact) mass is 278 g/mol. The zero-order chi connectivity index (χ0) is 13.9. The highest BCUT2D eigenvalue weighted by Crippen LogP contribution is 2.21. The van der Waals surface area contributed by atoms with E-state index in [-0.39, 0.29) is 0 Å². The van der Waals surface area contributed by atoms with E-state index in [2.05, 4.69) is 53.3 Å². The maximum atomic E-state index is 5.28. The molecule has 0 amide bonds. The van der Waals surface area contributed by atoms with Gasteiger partial charge in [-0.2, -0.15) is 0 Å². The van der Waals surface area contributed by atoms with Gasteiger partial charge >= 0.3 is 0 Å². The zero-order valence-corrected chi connectivity index (χ0v) is 11.9. The predicted octanol–water partition coefficient (Wildman–Crippen LogP) is 4.78. The minimum atomic E-state index is 0.596. The summed E-state index contributed by atoms with van der Waals surface area (Å²) in [6.07, 6.45) is 0. The molecule has 0 fully saturated rings. The van der Waals surface area contributed by atoms with Gasteiger partial charge in [-0.1, -0.05) is 72.4 Å². The summed E-state index contributed by atoms with van der Waals surface area (Å²) in [5.74, 6) is 0.802. The summed E-state index contributed by atoms with van der Waals surface area (Å²) in [4.78, 5) is 7.78. The van der Waals surface area contributed by atoms with Gasteiger partial charge in [-0.25, -0.2) is 4.98 Å². The van der Waals surface area contributed by atoms with Gasteiger partial charge in [0.15, 0.2) is 0 Å². The van der Waals surface area contributed by atoms with Crippen molar-refractivity contribution in [1.29, 1.82) is 0 Å². The maximum absolute atomic E-state index is 5.28. The highest BCUT2D eigenvalue weighted by molar-refractivity contribution is 7.71. The Morgan fingerprint density at radius 3 is 2.30 bits per heavy atom. The van der Waals surface area contributed by atoms with Gasteiger partial charge in [0, 0.05) is 11.3 Å². The van der Waals surface area contributed by atoms with E-state index in [9.17, 15) is 0 Å². The lowest BCUT2D eigenvalue weighted by Gasteiger charge is -2.06. The van der Waals surface area contributed by atoms with Crippen LogP contribution in [0, 0.1) is 11.6 Å². The van der Waals surface area contributed by atoms with Crippen molar-refractivity contribution >= 4 is 12.2 Å². The van der Waals surface area contributed by atoms with Gasteiger partial charge in [-0.15, -0.1) is 0 Å². The van der Waals surface area contributed by atoms with E-state index < -0.39 is 0 Å². The second kappa shape index (κ2) is 5.39. The molecule has 0 saturated carbocycles. The molecule has 0 aliphatic heterocycles. The number of benzene rings is 2. The van der Waals surface area contributed by atoms with Crippen LogP contribution in [-0.4, -0.2) is 9.97 Å². The summed E-state index contributed by atoms with van der Waals surface area (Å²) in [5, 5.41) is 0. The van der Waals surface area contributed by atoms with Crippen LogP contribution in [0.1, 0.15) is 5.56 Å². The molecule has 3 rings (SSSR count). The topological polar surface area (TPSA) is 28.7 Å². The molecule has 0 spiro atoms. The molecule has 0 radical (unpaired) electrons. The summed E-state index contributed by atoms with van der Waals surface area (Å²) in [5.41, 5.74) is 4.36. The summed E-state index contributed by atoms with van der Waals surface area (Å²) in [7, 11) is 0. The van der Waals surface area contributed by atoms with E-state index >= 15 is 0 Å². The lowest BCUT2D eigenvalue weighted by molar-refractivity contribution is 1.16. The first-order valence-electron chi connectivity index (χ1n) is 6.46. The molecule has 2 aromatic carbocycles. The van der Waals surface area contributed by atoms with E-state index in [1.54, 1.807) is 0 Å². The number of rotatable bonds is 2. The fourth-order valence-electron chi connectivity index (χ4n) is 2.08. The van der Waals surface area contributed by atoms with Crippen LogP contribution in [-0.2, 0) is 0 Å². The third kappa shape index (κ3) is 2.68. The largest absolute Gasteiger partial charge is 0.339 e. The number of nitrogens with one attached hydrogen (secondary N) is 1. The second-order valence-electron chi connectivity index (χ2n) is 4.71. The number of aromatic amines is 1. The van der Waals surface area contributed by atoms with Gasteiger partial charge in [0.1, 0.15) is 10.5 Å². The van der Waals surface area contributed by atoms with Crippen molar-refractivity contribution in [3.8, 4) is 22.6 Å². The van der Waals surface area contributed by atoms with Crippen LogP contribution >= 0.6 is 12.2 Å². The van der Waals surface area contributed by atoms with E-state index in [4.69, 9.17) is 12.2 Å². The number of hydrogen-bond donors (Lipinski definition) is 1. The molecular weight excluding hydrogens is 264 g/mol. The fraction of sp³-hybridized carbons (Fsp3) is 0.0588. The fourth-order valence-corrected chi connectivity index (χ4v) is 2.29. The molecule has 1 aromatic heterocycles. The Morgan fingerprint density at radius 1 is 0.900 bits per heavy atom. The zero-order valence-electron chi connectivity index (χ0n) is 11.1. The molecule has 0 aliphatic carbocycles. The minimum absolute atomic E-state index is 0.596. The molecule has 1 heterocycles. The summed E-state index contributed by atoms with van der Waals surface area (Å²) in [6, 6.07) is 20.3. The van der Waals surface area contributed by atoms with Gasteiger partial charge in [0.25, 0.3) is 0 Å². The third-order valence-corrected chi connectivity index (χ3v) is 3.36. The van der Waals surface area contributed by atoms with Crippen molar-refractivity contribution in [2.45, 2.75) is 6.92 Å². The first-order chi connectivity index (χ1) is 9.72. The van der Waals surface area contributed by atoms with Gasteiger partial charge < -0.3 is 4.98 Å². The Balaban J connectivity index is 2.12. The van der Waals surface area contributed by atoms with Crippen LogP contribution in [0.2, 0.25) is 0 Å². The molecule has 2 nitrogen and oxygen atoms in total. The molecule has 20 heavy (non-hydrogen) atoms. The van der Waals surface area contributed by atoms with Gasteiger partial charge in [0.05, 0.1) is 0 Å². The molecule has 3 heteroatoms. The van der Waals surface area contributed by atoms with Gasteiger partial charge in [-0.05, 0) is 18.6 Å². The molecule has 98 valence electrons. The predicted molar refractivity (Wildman–Crippen MR) is 85.0 cm³/mol. The highest BCUT2D eigenvalue weighted by Gasteiger charge is 2.04. The van der Waals surface area contributed by atoms with E-state index in [1.165, 1.54) is 5.56 Å². The van der Waals surface area contributed by atoms with E-state index in [0.717, 1.165) is 22.6 Å². The van der Waals surface area contributed by atoms with Crippen LogP contribution < -0.4 is 0 Å². The van der Waals surface area contributed by atoms with Crippen molar-refractivity contribution in [2.75, 3.05) is 0 Å². The van der Waals surface area contributed by atoms with E-state index in [0.29, 0.717) is 4.64 Å².